The first-order chi connectivity index (χ1) is 7.75. The fourth-order valence-corrected chi connectivity index (χ4v) is 1.40. The van der Waals surface area contributed by atoms with E-state index in [2.05, 4.69) is 20.7 Å². The molecule has 1 N–H and O–H groups in total. The van der Waals surface area contributed by atoms with E-state index in [0.29, 0.717) is 0 Å². The summed E-state index contributed by atoms with van der Waals surface area (Å²) in [6.45, 7) is 0. The summed E-state index contributed by atoms with van der Waals surface area (Å²) < 4.78 is 53.8. The zero-order chi connectivity index (χ0) is 13.2. The largest absolute Gasteiger partial charge is 0.494 e. The van der Waals surface area contributed by atoms with Crippen LogP contribution in [0.1, 0.15) is 0 Å². The van der Waals surface area contributed by atoms with Crippen LogP contribution in [0, 0.1) is 5.82 Å². The number of amides is 1. The zero-order valence-corrected chi connectivity index (χ0v) is 9.95. The number of halogens is 5. The second-order valence-corrected chi connectivity index (χ2v) is 3.77. The quantitative estimate of drug-likeness (QED) is 0.852. The van der Waals surface area contributed by atoms with E-state index in [0.717, 1.165) is 12.1 Å². The number of hydrogen-bond donors (Lipinski definition) is 1. The minimum atomic E-state index is -5.03. The van der Waals surface area contributed by atoms with Crippen molar-refractivity contribution in [2.45, 2.75) is 6.18 Å². The van der Waals surface area contributed by atoms with Gasteiger partial charge in [-0.1, -0.05) is 0 Å². The zero-order valence-electron chi connectivity index (χ0n) is 8.36. The lowest BCUT2D eigenvalue weighted by Gasteiger charge is -2.11. The van der Waals surface area contributed by atoms with Gasteiger partial charge in [-0.3, -0.25) is 4.79 Å². The minimum absolute atomic E-state index is 0.0772. The van der Waals surface area contributed by atoms with E-state index in [1.54, 1.807) is 0 Å². The molecule has 8 heteroatoms. The minimum Gasteiger partial charge on any atom is -0.494 e. The first-order valence-corrected chi connectivity index (χ1v) is 4.96. The van der Waals surface area contributed by atoms with Crippen LogP contribution in [0.4, 0.5) is 23.2 Å². The second kappa shape index (κ2) is 4.91. The maximum Gasteiger partial charge on any atom is 0.471 e. The lowest BCUT2D eigenvalue weighted by molar-refractivity contribution is -0.167. The molecule has 1 amide bonds. The molecule has 94 valence electrons. The lowest BCUT2D eigenvalue weighted by atomic mass is 10.3. The Morgan fingerprint density at radius 2 is 2.00 bits per heavy atom. The van der Waals surface area contributed by atoms with Crippen LogP contribution in [-0.4, -0.2) is 19.2 Å². The Balaban J connectivity index is 3.01. The molecule has 1 aromatic rings. The van der Waals surface area contributed by atoms with Crippen LogP contribution in [0.25, 0.3) is 0 Å². The van der Waals surface area contributed by atoms with E-state index in [-0.39, 0.29) is 15.9 Å². The molecular weight excluding hydrogens is 310 g/mol. The number of carbonyl (C=O) groups is 1. The number of anilines is 1. The molecule has 0 fully saturated rings. The van der Waals surface area contributed by atoms with Crippen molar-refractivity contribution in [1.82, 2.24) is 0 Å². The molecule has 0 heterocycles. The molecule has 0 aliphatic heterocycles. The van der Waals surface area contributed by atoms with Crippen molar-refractivity contribution in [3.8, 4) is 5.75 Å². The summed E-state index contributed by atoms with van der Waals surface area (Å²) in [4.78, 5) is 10.6. The Labute approximate surface area is 102 Å². The van der Waals surface area contributed by atoms with Gasteiger partial charge in [-0.15, -0.1) is 0 Å². The van der Waals surface area contributed by atoms with Crippen LogP contribution in [0.3, 0.4) is 0 Å². The Bertz CT molecular complexity index is 447. The highest BCUT2D eigenvalue weighted by Gasteiger charge is 2.39. The van der Waals surface area contributed by atoms with Gasteiger partial charge in [0, 0.05) is 10.5 Å². The van der Waals surface area contributed by atoms with Gasteiger partial charge in [-0.2, -0.15) is 13.2 Å². The molecule has 0 atom stereocenters. The first kappa shape index (κ1) is 13.8. The molecule has 0 saturated heterocycles. The SMILES string of the molecule is COc1cc(Br)c(NC(=O)C(F)(F)F)cc1F. The average Bonchev–Trinajstić information content (AvgIpc) is 2.21. The third-order valence-corrected chi connectivity index (χ3v) is 2.40. The lowest BCUT2D eigenvalue weighted by Crippen LogP contribution is -2.30. The molecule has 0 bridgehead atoms. The number of rotatable bonds is 2. The van der Waals surface area contributed by atoms with Crippen molar-refractivity contribution in [1.29, 1.82) is 0 Å². The summed E-state index contributed by atoms with van der Waals surface area (Å²) in [7, 11) is 1.21. The summed E-state index contributed by atoms with van der Waals surface area (Å²) in [6.07, 6.45) is -5.03. The van der Waals surface area contributed by atoms with Crippen molar-refractivity contribution >= 4 is 27.5 Å². The summed E-state index contributed by atoms with van der Waals surface area (Å²) in [6, 6.07) is 1.84. The highest BCUT2D eigenvalue weighted by atomic mass is 79.9. The molecule has 3 nitrogen and oxygen atoms in total. The van der Waals surface area contributed by atoms with Gasteiger partial charge in [0.15, 0.2) is 11.6 Å². The molecule has 0 saturated carbocycles. The van der Waals surface area contributed by atoms with Gasteiger partial charge in [0.05, 0.1) is 12.8 Å². The predicted molar refractivity (Wildman–Crippen MR) is 55.3 cm³/mol. The highest BCUT2D eigenvalue weighted by Crippen LogP contribution is 2.31. The maximum atomic E-state index is 13.2. The van der Waals surface area contributed by atoms with Gasteiger partial charge in [0.1, 0.15) is 0 Å². The summed E-state index contributed by atoms with van der Waals surface area (Å²) >= 11 is 2.89. The van der Waals surface area contributed by atoms with E-state index in [9.17, 15) is 22.4 Å². The highest BCUT2D eigenvalue weighted by molar-refractivity contribution is 9.10. The molecule has 17 heavy (non-hydrogen) atoms. The molecule has 0 aliphatic rings. The molecule has 0 spiro atoms. The fraction of sp³-hybridized carbons (Fsp3) is 0.222. The van der Waals surface area contributed by atoms with Crippen LogP contribution in [0.5, 0.6) is 5.75 Å². The fourth-order valence-electron chi connectivity index (χ4n) is 0.974. The Morgan fingerprint density at radius 1 is 1.41 bits per heavy atom. The third kappa shape index (κ3) is 3.32. The number of ether oxygens (including phenoxy) is 1. The summed E-state index contributed by atoms with van der Waals surface area (Å²) in [5.74, 6) is -3.21. The molecule has 0 unspecified atom stereocenters. The third-order valence-electron chi connectivity index (χ3n) is 1.75. The van der Waals surface area contributed by atoms with Crippen LogP contribution < -0.4 is 10.1 Å². The van der Waals surface area contributed by atoms with Crippen molar-refractivity contribution in [2.75, 3.05) is 12.4 Å². The van der Waals surface area contributed by atoms with Gasteiger partial charge < -0.3 is 10.1 Å². The van der Waals surface area contributed by atoms with Gasteiger partial charge in [0.2, 0.25) is 0 Å². The Hall–Kier alpha value is -1.31. The number of carbonyl (C=O) groups excluding carboxylic acids is 1. The number of benzene rings is 1. The molecule has 0 aliphatic carbocycles. The van der Waals surface area contributed by atoms with E-state index < -0.39 is 17.9 Å². The van der Waals surface area contributed by atoms with Gasteiger partial charge in [-0.05, 0) is 22.0 Å². The molecule has 0 radical (unpaired) electrons. The van der Waals surface area contributed by atoms with Crippen LogP contribution in [0.15, 0.2) is 16.6 Å². The maximum absolute atomic E-state index is 13.2. The molecule has 1 aromatic carbocycles. The van der Waals surface area contributed by atoms with Crippen molar-refractivity contribution in [3.05, 3.63) is 22.4 Å². The summed E-state index contributed by atoms with van der Waals surface area (Å²) in [5, 5.41) is 1.54. The van der Waals surface area contributed by atoms with E-state index in [1.165, 1.54) is 12.4 Å². The van der Waals surface area contributed by atoms with Crippen LogP contribution >= 0.6 is 15.9 Å². The van der Waals surface area contributed by atoms with E-state index in [1.807, 2.05) is 0 Å². The number of nitrogens with one attached hydrogen (secondary N) is 1. The summed E-state index contributed by atoms with van der Waals surface area (Å²) in [5.41, 5.74) is -0.328. The van der Waals surface area contributed by atoms with Crippen molar-refractivity contribution in [2.24, 2.45) is 0 Å². The van der Waals surface area contributed by atoms with Gasteiger partial charge in [0.25, 0.3) is 0 Å². The van der Waals surface area contributed by atoms with E-state index >= 15 is 0 Å². The normalized spacial score (nSPS) is 11.2. The number of methoxy groups -OCH3 is 1. The van der Waals surface area contributed by atoms with E-state index in [4.69, 9.17) is 0 Å². The topological polar surface area (TPSA) is 38.3 Å². The van der Waals surface area contributed by atoms with Crippen LogP contribution in [0.2, 0.25) is 0 Å². The van der Waals surface area contributed by atoms with Crippen molar-refractivity contribution < 1.29 is 27.1 Å². The smallest absolute Gasteiger partial charge is 0.471 e. The average molecular weight is 316 g/mol. The molecule has 1 rings (SSSR count). The van der Waals surface area contributed by atoms with Gasteiger partial charge in [-0.25, -0.2) is 4.39 Å². The van der Waals surface area contributed by atoms with Crippen LogP contribution in [-0.2, 0) is 4.79 Å². The van der Waals surface area contributed by atoms with Crippen molar-refractivity contribution in [3.63, 3.8) is 0 Å². The first-order valence-electron chi connectivity index (χ1n) is 4.17. The Kier molecular flexibility index (Phi) is 3.97. The number of hydrogen-bond acceptors (Lipinski definition) is 2. The molecular formula is C9H6BrF4NO2. The Morgan fingerprint density at radius 3 is 2.47 bits per heavy atom. The monoisotopic (exact) mass is 315 g/mol. The predicted octanol–water partition coefficient (Wildman–Crippen LogP) is 3.10. The standard InChI is InChI=1S/C9H6BrF4NO2/c1-17-7-2-4(10)6(3-5(7)11)15-8(16)9(12,13)14/h2-3H,1H3,(H,15,16). The molecule has 0 aromatic heterocycles. The second-order valence-electron chi connectivity index (χ2n) is 2.92. The number of alkyl halides is 3. The van der Waals surface area contributed by atoms with Gasteiger partial charge >= 0.3 is 12.1 Å².